The van der Waals surface area contributed by atoms with Crippen molar-refractivity contribution in [2.75, 3.05) is 12.3 Å². The molecule has 0 heterocycles. The Morgan fingerprint density at radius 1 is 1.40 bits per heavy atom. The molecule has 0 atom stereocenters. The molecule has 1 aromatic carbocycles. The molecule has 1 aromatic rings. The van der Waals surface area contributed by atoms with Gasteiger partial charge in [0.25, 0.3) is 5.91 Å². The van der Waals surface area contributed by atoms with E-state index >= 15 is 0 Å². The van der Waals surface area contributed by atoms with E-state index in [9.17, 15) is 4.79 Å². The van der Waals surface area contributed by atoms with Crippen LogP contribution in [0.3, 0.4) is 0 Å². The van der Waals surface area contributed by atoms with Crippen molar-refractivity contribution in [3.05, 3.63) is 28.8 Å². The second-order valence-corrected chi connectivity index (χ2v) is 6.46. The standard InChI is InChI=1S/C16H23ClN2O/c1-11(2)10-19(13-5-3-4-6-13)16(20)14-9-12(17)7-8-15(14)18/h7-9,11,13H,3-6,10,18H2,1-2H3. The van der Waals surface area contributed by atoms with E-state index in [0.29, 0.717) is 28.2 Å². The average molecular weight is 295 g/mol. The summed E-state index contributed by atoms with van der Waals surface area (Å²) in [5.41, 5.74) is 6.99. The number of nitrogens with two attached hydrogens (primary N) is 1. The molecule has 0 unspecified atom stereocenters. The summed E-state index contributed by atoms with van der Waals surface area (Å²) in [6, 6.07) is 5.46. The molecule has 0 aromatic heterocycles. The molecule has 2 rings (SSSR count). The Kier molecular flexibility index (Phi) is 4.92. The number of anilines is 1. The molecule has 4 heteroatoms. The molecule has 0 spiro atoms. The van der Waals surface area contributed by atoms with Gasteiger partial charge in [-0.25, -0.2) is 0 Å². The molecule has 0 aliphatic heterocycles. The minimum Gasteiger partial charge on any atom is -0.398 e. The minimum absolute atomic E-state index is 0.0191. The van der Waals surface area contributed by atoms with Crippen LogP contribution in [-0.4, -0.2) is 23.4 Å². The lowest BCUT2D eigenvalue weighted by Gasteiger charge is -2.31. The van der Waals surface area contributed by atoms with Crippen molar-refractivity contribution < 1.29 is 4.79 Å². The first kappa shape index (κ1) is 15.2. The fourth-order valence-corrected chi connectivity index (χ4v) is 3.05. The van der Waals surface area contributed by atoms with Gasteiger partial charge in [0, 0.05) is 23.3 Å². The Bertz CT molecular complexity index is 481. The summed E-state index contributed by atoms with van der Waals surface area (Å²) in [6.45, 7) is 5.04. The van der Waals surface area contributed by atoms with Gasteiger partial charge in [-0.05, 0) is 37.0 Å². The third kappa shape index (κ3) is 3.45. The molecule has 20 heavy (non-hydrogen) atoms. The van der Waals surface area contributed by atoms with Crippen LogP contribution in [0.15, 0.2) is 18.2 Å². The van der Waals surface area contributed by atoms with E-state index in [0.717, 1.165) is 19.4 Å². The van der Waals surface area contributed by atoms with Crippen LogP contribution in [0.5, 0.6) is 0 Å². The maximum Gasteiger partial charge on any atom is 0.256 e. The van der Waals surface area contributed by atoms with Gasteiger partial charge in [-0.3, -0.25) is 4.79 Å². The number of hydrogen-bond acceptors (Lipinski definition) is 2. The molecule has 0 bridgehead atoms. The van der Waals surface area contributed by atoms with E-state index in [1.165, 1.54) is 12.8 Å². The van der Waals surface area contributed by atoms with Gasteiger partial charge in [0.2, 0.25) is 0 Å². The molecule has 3 nitrogen and oxygen atoms in total. The topological polar surface area (TPSA) is 46.3 Å². The van der Waals surface area contributed by atoms with E-state index in [1.807, 2.05) is 4.90 Å². The Balaban J connectivity index is 2.27. The Labute approximate surface area is 126 Å². The second-order valence-electron chi connectivity index (χ2n) is 6.02. The van der Waals surface area contributed by atoms with Crippen molar-refractivity contribution in [3.8, 4) is 0 Å². The molecule has 0 radical (unpaired) electrons. The molecule has 0 saturated heterocycles. The molecule has 1 saturated carbocycles. The Morgan fingerprint density at radius 2 is 2.05 bits per heavy atom. The van der Waals surface area contributed by atoms with E-state index in [1.54, 1.807) is 18.2 Å². The minimum atomic E-state index is 0.0191. The van der Waals surface area contributed by atoms with E-state index in [4.69, 9.17) is 17.3 Å². The van der Waals surface area contributed by atoms with Crippen LogP contribution in [0.2, 0.25) is 5.02 Å². The van der Waals surface area contributed by atoms with Gasteiger partial charge in [-0.15, -0.1) is 0 Å². The SMILES string of the molecule is CC(C)CN(C(=O)c1cc(Cl)ccc1N)C1CCCC1. The maximum atomic E-state index is 12.8. The summed E-state index contributed by atoms with van der Waals surface area (Å²) in [5.74, 6) is 0.463. The number of nitrogen functional groups attached to an aromatic ring is 1. The van der Waals surface area contributed by atoms with Crippen LogP contribution in [-0.2, 0) is 0 Å². The normalized spacial score (nSPS) is 15.8. The summed E-state index contributed by atoms with van der Waals surface area (Å²) >= 11 is 6.00. The van der Waals surface area contributed by atoms with Crippen LogP contribution in [0.4, 0.5) is 5.69 Å². The number of nitrogens with zero attached hydrogens (tertiary/aromatic N) is 1. The van der Waals surface area contributed by atoms with Gasteiger partial charge in [0.15, 0.2) is 0 Å². The predicted octanol–water partition coefficient (Wildman–Crippen LogP) is 3.96. The van der Waals surface area contributed by atoms with Crippen molar-refractivity contribution >= 4 is 23.2 Å². The zero-order valence-electron chi connectivity index (χ0n) is 12.2. The number of carbonyl (C=O) groups is 1. The van der Waals surface area contributed by atoms with Crippen molar-refractivity contribution in [3.63, 3.8) is 0 Å². The van der Waals surface area contributed by atoms with Crippen molar-refractivity contribution in [1.29, 1.82) is 0 Å². The largest absolute Gasteiger partial charge is 0.398 e. The maximum absolute atomic E-state index is 12.8. The number of benzene rings is 1. The average Bonchev–Trinajstić information content (AvgIpc) is 2.91. The van der Waals surface area contributed by atoms with E-state index < -0.39 is 0 Å². The highest BCUT2D eigenvalue weighted by molar-refractivity contribution is 6.31. The smallest absolute Gasteiger partial charge is 0.256 e. The van der Waals surface area contributed by atoms with Gasteiger partial charge in [0.05, 0.1) is 5.56 Å². The number of hydrogen-bond donors (Lipinski definition) is 1. The second kappa shape index (κ2) is 6.49. The van der Waals surface area contributed by atoms with E-state index in [-0.39, 0.29) is 5.91 Å². The molecular formula is C16H23ClN2O. The summed E-state index contributed by atoms with van der Waals surface area (Å²) in [5, 5.41) is 0.554. The Hall–Kier alpha value is -1.22. The van der Waals surface area contributed by atoms with Gasteiger partial charge < -0.3 is 10.6 Å². The lowest BCUT2D eigenvalue weighted by atomic mass is 10.1. The van der Waals surface area contributed by atoms with Crippen LogP contribution < -0.4 is 5.73 Å². The lowest BCUT2D eigenvalue weighted by Crippen LogP contribution is -2.41. The van der Waals surface area contributed by atoms with Crippen LogP contribution in [0.25, 0.3) is 0 Å². The van der Waals surface area contributed by atoms with Gasteiger partial charge in [0.1, 0.15) is 0 Å². The first-order chi connectivity index (χ1) is 9.49. The first-order valence-electron chi connectivity index (χ1n) is 7.35. The number of carbonyl (C=O) groups excluding carboxylic acids is 1. The highest BCUT2D eigenvalue weighted by Crippen LogP contribution is 2.28. The molecule has 1 aliphatic carbocycles. The van der Waals surface area contributed by atoms with E-state index in [2.05, 4.69) is 13.8 Å². The highest BCUT2D eigenvalue weighted by atomic mass is 35.5. The van der Waals surface area contributed by atoms with Gasteiger partial charge in [-0.1, -0.05) is 38.3 Å². The third-order valence-electron chi connectivity index (χ3n) is 3.83. The van der Waals surface area contributed by atoms with Crippen molar-refractivity contribution in [2.24, 2.45) is 5.92 Å². The number of rotatable bonds is 4. The Morgan fingerprint density at radius 3 is 2.65 bits per heavy atom. The van der Waals surface area contributed by atoms with Gasteiger partial charge in [-0.2, -0.15) is 0 Å². The molecule has 1 amide bonds. The van der Waals surface area contributed by atoms with Crippen LogP contribution in [0.1, 0.15) is 49.9 Å². The van der Waals surface area contributed by atoms with Crippen LogP contribution >= 0.6 is 11.6 Å². The lowest BCUT2D eigenvalue weighted by molar-refractivity contribution is 0.0656. The molecular weight excluding hydrogens is 272 g/mol. The summed E-state index contributed by atoms with van der Waals surface area (Å²) in [6.07, 6.45) is 4.60. The summed E-state index contributed by atoms with van der Waals surface area (Å²) in [7, 11) is 0. The first-order valence-corrected chi connectivity index (χ1v) is 7.73. The van der Waals surface area contributed by atoms with Crippen LogP contribution in [0, 0.1) is 5.92 Å². The summed E-state index contributed by atoms with van der Waals surface area (Å²) in [4.78, 5) is 14.8. The molecule has 2 N–H and O–H groups in total. The van der Waals surface area contributed by atoms with Crippen molar-refractivity contribution in [2.45, 2.75) is 45.6 Å². The van der Waals surface area contributed by atoms with Crippen molar-refractivity contribution in [1.82, 2.24) is 4.90 Å². The zero-order valence-corrected chi connectivity index (χ0v) is 13.0. The molecule has 1 fully saturated rings. The monoisotopic (exact) mass is 294 g/mol. The highest BCUT2D eigenvalue weighted by Gasteiger charge is 2.28. The molecule has 1 aliphatic rings. The fraction of sp³-hybridized carbons (Fsp3) is 0.562. The number of halogens is 1. The predicted molar refractivity (Wildman–Crippen MR) is 84.0 cm³/mol. The quantitative estimate of drug-likeness (QED) is 0.854. The molecule has 110 valence electrons. The van der Waals surface area contributed by atoms with Gasteiger partial charge >= 0.3 is 0 Å². The number of amides is 1. The fourth-order valence-electron chi connectivity index (χ4n) is 2.88. The zero-order chi connectivity index (χ0) is 14.7. The summed E-state index contributed by atoms with van der Waals surface area (Å²) < 4.78 is 0. The third-order valence-corrected chi connectivity index (χ3v) is 4.07.